The quantitative estimate of drug-likeness (QED) is 0.113. The third-order valence-corrected chi connectivity index (χ3v) is 6.84. The number of rotatable bonds is 12. The highest BCUT2D eigenvalue weighted by Gasteiger charge is 2.61. The molecule has 1 N–H and O–H groups in total. The van der Waals surface area contributed by atoms with Gasteiger partial charge in [-0.25, -0.2) is 14.6 Å². The first-order valence-electron chi connectivity index (χ1n) is 14.7. The van der Waals surface area contributed by atoms with Crippen molar-refractivity contribution in [3.05, 3.63) is 71.6 Å². The summed E-state index contributed by atoms with van der Waals surface area (Å²) < 4.78 is 118. The zero-order valence-corrected chi connectivity index (χ0v) is 26.6. The van der Waals surface area contributed by atoms with Crippen molar-refractivity contribution in [1.29, 1.82) is 0 Å². The van der Waals surface area contributed by atoms with Crippen LogP contribution in [0.4, 0.5) is 36.8 Å². The number of hydrogen-bond acceptors (Lipinski definition) is 11. The lowest BCUT2D eigenvalue weighted by Gasteiger charge is -2.32. The molecule has 0 saturated carbocycles. The number of nitrogens with zero attached hydrogens (tertiary/aromatic N) is 3. The maximum Gasteiger partial charge on any atom is 0.426 e. The lowest BCUT2D eigenvalue weighted by Crippen LogP contribution is -2.45. The van der Waals surface area contributed by atoms with E-state index in [0.29, 0.717) is 11.6 Å². The highest BCUT2D eigenvalue weighted by atomic mass is 19.4. The molecule has 1 amide bonds. The number of carbonyl (C=O) groups is 2. The number of amides is 1. The largest absolute Gasteiger partial charge is 0.464 e. The molecule has 0 bridgehead atoms. The fourth-order valence-corrected chi connectivity index (χ4v) is 4.59. The summed E-state index contributed by atoms with van der Waals surface area (Å²) in [5.41, 5.74) is -8.41. The molecule has 12 nitrogen and oxygen atoms in total. The molecular weight excluding hydrogens is 670 g/mol. The molecule has 266 valence electrons. The van der Waals surface area contributed by atoms with Crippen molar-refractivity contribution in [3.63, 3.8) is 0 Å². The molecule has 0 spiro atoms. The number of esters is 1. The van der Waals surface area contributed by atoms with Gasteiger partial charge in [0.15, 0.2) is 11.4 Å². The number of alkyl halides is 6. The minimum Gasteiger partial charge on any atom is -0.464 e. The number of benzene rings is 1. The predicted octanol–water partition coefficient (Wildman–Crippen LogP) is 7.66. The van der Waals surface area contributed by atoms with Gasteiger partial charge in [-0.05, 0) is 51.7 Å². The van der Waals surface area contributed by atoms with Crippen LogP contribution in [0, 0.1) is 0 Å². The van der Waals surface area contributed by atoms with Gasteiger partial charge in [0.2, 0.25) is 11.9 Å². The Morgan fingerprint density at radius 2 is 1.63 bits per heavy atom. The standard InChI is InChI=1S/C31H32F6N4O8/c1-28(2,3)49-27(43)38-20-16-19(30(32,33)34)22(25(42)44-4)39-23(20)24-40-41-26(48-24)29(31(35,36)37,47-17-18-10-6-5-7-11-18)13-9-8-12-21-45-14-15-46-21/h5-7,10-11,14-16,21H,8-9,12-13,17H2,1-4H3,(H,38,43). The summed E-state index contributed by atoms with van der Waals surface area (Å²) in [6, 6.07) is 8.27. The molecule has 1 aliphatic rings. The number of ether oxygens (including phenoxy) is 5. The SMILES string of the molecule is COC(=O)c1nc(-c2nnc(C(CCCCC3OC=CO3)(OCc3ccccc3)C(F)(F)F)o2)c(NC(=O)OC(C)(C)C)cc1C(F)(F)F. The summed E-state index contributed by atoms with van der Waals surface area (Å²) in [4.78, 5) is 28.7. The Morgan fingerprint density at radius 3 is 2.22 bits per heavy atom. The Kier molecular flexibility index (Phi) is 11.1. The molecule has 49 heavy (non-hydrogen) atoms. The van der Waals surface area contributed by atoms with Gasteiger partial charge in [0, 0.05) is 6.42 Å². The van der Waals surface area contributed by atoms with Crippen molar-refractivity contribution < 1.29 is 64.0 Å². The van der Waals surface area contributed by atoms with E-state index in [-0.39, 0.29) is 19.3 Å². The first-order valence-corrected chi connectivity index (χ1v) is 14.7. The van der Waals surface area contributed by atoms with Crippen LogP contribution in [0.1, 0.15) is 74.0 Å². The Morgan fingerprint density at radius 1 is 0.959 bits per heavy atom. The summed E-state index contributed by atoms with van der Waals surface area (Å²) in [5.74, 6) is -3.53. The number of hydrogen-bond donors (Lipinski definition) is 1. The number of halogens is 6. The maximum atomic E-state index is 15.1. The van der Waals surface area contributed by atoms with Gasteiger partial charge < -0.3 is 28.1 Å². The molecular formula is C31H32F6N4O8. The van der Waals surface area contributed by atoms with Crippen molar-refractivity contribution in [2.75, 3.05) is 12.4 Å². The van der Waals surface area contributed by atoms with Crippen molar-refractivity contribution in [1.82, 2.24) is 15.2 Å². The van der Waals surface area contributed by atoms with Gasteiger partial charge in [0.05, 0.1) is 25.0 Å². The highest BCUT2D eigenvalue weighted by Crippen LogP contribution is 2.47. The summed E-state index contributed by atoms with van der Waals surface area (Å²) >= 11 is 0. The van der Waals surface area contributed by atoms with Gasteiger partial charge in [-0.3, -0.25) is 5.32 Å². The fourth-order valence-electron chi connectivity index (χ4n) is 4.59. The number of nitrogens with one attached hydrogen (secondary N) is 1. The first-order chi connectivity index (χ1) is 22.9. The molecule has 3 heterocycles. The van der Waals surface area contributed by atoms with E-state index < -0.39 is 89.4 Å². The van der Waals surface area contributed by atoms with E-state index in [2.05, 4.69) is 25.2 Å². The van der Waals surface area contributed by atoms with Crippen molar-refractivity contribution in [2.45, 2.75) is 82.9 Å². The van der Waals surface area contributed by atoms with Crippen LogP contribution in [0.2, 0.25) is 0 Å². The number of carbonyl (C=O) groups excluding carboxylic acids is 2. The second-order valence-electron chi connectivity index (χ2n) is 11.6. The van der Waals surface area contributed by atoms with Gasteiger partial charge in [-0.15, -0.1) is 10.2 Å². The zero-order valence-electron chi connectivity index (χ0n) is 26.6. The lowest BCUT2D eigenvalue weighted by molar-refractivity contribution is -0.300. The van der Waals surface area contributed by atoms with Crippen LogP contribution in [0.25, 0.3) is 11.6 Å². The van der Waals surface area contributed by atoms with E-state index in [1.165, 1.54) is 45.4 Å². The Bertz CT molecular complexity index is 1630. The molecule has 1 atom stereocenters. The molecule has 0 saturated heterocycles. The van der Waals surface area contributed by atoms with E-state index in [4.69, 9.17) is 23.4 Å². The topological polar surface area (TPSA) is 144 Å². The van der Waals surface area contributed by atoms with Gasteiger partial charge >= 0.3 is 24.4 Å². The number of unbranched alkanes of at least 4 members (excludes halogenated alkanes) is 1. The average Bonchev–Trinajstić information content (AvgIpc) is 3.72. The molecule has 2 aromatic heterocycles. The third kappa shape index (κ3) is 9.18. The van der Waals surface area contributed by atoms with Crippen molar-refractivity contribution in [3.8, 4) is 11.6 Å². The summed E-state index contributed by atoms with van der Waals surface area (Å²) in [7, 11) is 0.796. The van der Waals surface area contributed by atoms with Crippen molar-refractivity contribution in [2.24, 2.45) is 0 Å². The normalized spacial score (nSPS) is 14.9. The Balaban J connectivity index is 1.81. The number of methoxy groups -OCH3 is 1. The van der Waals surface area contributed by atoms with E-state index in [0.717, 1.165) is 7.11 Å². The number of anilines is 1. The minimum absolute atomic E-state index is 0.105. The van der Waals surface area contributed by atoms with Crippen LogP contribution < -0.4 is 5.32 Å². The number of aromatic nitrogens is 3. The van der Waals surface area contributed by atoms with Crippen LogP contribution in [0.5, 0.6) is 0 Å². The first kappa shape index (κ1) is 37.0. The molecule has 18 heteroatoms. The zero-order chi connectivity index (χ0) is 36.0. The number of pyridine rings is 1. The monoisotopic (exact) mass is 702 g/mol. The lowest BCUT2D eigenvalue weighted by atomic mass is 9.94. The van der Waals surface area contributed by atoms with Crippen LogP contribution in [0.3, 0.4) is 0 Å². The van der Waals surface area contributed by atoms with Gasteiger partial charge in [-0.2, -0.15) is 26.3 Å². The van der Waals surface area contributed by atoms with E-state index >= 15 is 13.2 Å². The second-order valence-corrected chi connectivity index (χ2v) is 11.6. The molecule has 1 unspecified atom stereocenters. The summed E-state index contributed by atoms with van der Waals surface area (Å²) in [6.07, 6.45) is -10.1. The van der Waals surface area contributed by atoms with Gasteiger partial charge in [0.1, 0.15) is 18.1 Å². The Labute approximate surface area is 275 Å². The van der Waals surface area contributed by atoms with E-state index in [1.807, 2.05) is 0 Å². The van der Waals surface area contributed by atoms with Crippen LogP contribution in [-0.4, -0.2) is 52.4 Å². The average molecular weight is 703 g/mol. The molecule has 0 fully saturated rings. The molecule has 4 rings (SSSR count). The van der Waals surface area contributed by atoms with Crippen molar-refractivity contribution >= 4 is 17.7 Å². The van der Waals surface area contributed by atoms with Crippen LogP contribution in [-0.2, 0) is 42.1 Å². The van der Waals surface area contributed by atoms with Gasteiger partial charge in [0.25, 0.3) is 11.8 Å². The highest BCUT2D eigenvalue weighted by molar-refractivity contribution is 5.94. The Hall–Kier alpha value is -4.87. The van der Waals surface area contributed by atoms with E-state index in [9.17, 15) is 22.8 Å². The fraction of sp³-hybridized carbons (Fsp3) is 0.452. The summed E-state index contributed by atoms with van der Waals surface area (Å²) in [5, 5.41) is 9.31. The van der Waals surface area contributed by atoms with Crippen LogP contribution in [0.15, 0.2) is 53.3 Å². The summed E-state index contributed by atoms with van der Waals surface area (Å²) in [6.45, 7) is 3.89. The molecule has 0 aliphatic carbocycles. The van der Waals surface area contributed by atoms with Gasteiger partial charge in [-0.1, -0.05) is 30.3 Å². The minimum atomic E-state index is -5.19. The molecule has 1 aromatic carbocycles. The molecule has 0 radical (unpaired) electrons. The second kappa shape index (κ2) is 14.7. The third-order valence-electron chi connectivity index (χ3n) is 6.84. The van der Waals surface area contributed by atoms with Crippen LogP contribution >= 0.6 is 0 Å². The van der Waals surface area contributed by atoms with E-state index in [1.54, 1.807) is 18.2 Å². The molecule has 3 aromatic rings. The molecule has 1 aliphatic heterocycles. The smallest absolute Gasteiger partial charge is 0.426 e. The maximum absolute atomic E-state index is 15.1. The predicted molar refractivity (Wildman–Crippen MR) is 156 cm³/mol.